The SMILES string of the molecule is COc1cc2nc(SCC(=O)Nc3ccc(C(F)(F)F)cc3)nc(Nc3c(C)cc(/C=C/C#N)cc3F)c2cc1OC. The molecule has 0 bridgehead atoms. The van der Waals surface area contributed by atoms with Crippen molar-refractivity contribution >= 4 is 51.8 Å². The van der Waals surface area contributed by atoms with E-state index in [1.54, 1.807) is 25.1 Å². The molecule has 0 aliphatic rings. The molecule has 4 rings (SSSR count). The highest BCUT2D eigenvalue weighted by molar-refractivity contribution is 7.99. The van der Waals surface area contributed by atoms with Gasteiger partial charge in [-0.3, -0.25) is 4.79 Å². The quantitative estimate of drug-likeness (QED) is 0.0908. The number of carbonyl (C=O) groups is 1. The van der Waals surface area contributed by atoms with Gasteiger partial charge in [-0.1, -0.05) is 11.8 Å². The Morgan fingerprint density at radius 2 is 1.76 bits per heavy atom. The van der Waals surface area contributed by atoms with Gasteiger partial charge in [0.25, 0.3) is 0 Å². The third-order valence-corrected chi connectivity index (χ3v) is 6.76. The largest absolute Gasteiger partial charge is 0.493 e. The Morgan fingerprint density at radius 1 is 1.07 bits per heavy atom. The molecule has 1 aromatic heterocycles. The van der Waals surface area contributed by atoms with E-state index in [1.807, 2.05) is 6.07 Å². The van der Waals surface area contributed by atoms with Gasteiger partial charge in [-0.05, 0) is 66.6 Å². The summed E-state index contributed by atoms with van der Waals surface area (Å²) in [7, 11) is 2.93. The zero-order valence-electron chi connectivity index (χ0n) is 22.5. The van der Waals surface area contributed by atoms with Crippen molar-refractivity contribution in [1.82, 2.24) is 9.97 Å². The van der Waals surface area contributed by atoms with E-state index >= 15 is 4.39 Å². The summed E-state index contributed by atoms with van der Waals surface area (Å²) in [6.07, 6.45) is -1.75. The Kier molecular flexibility index (Phi) is 9.17. The predicted molar refractivity (Wildman–Crippen MR) is 153 cm³/mol. The zero-order valence-corrected chi connectivity index (χ0v) is 23.3. The van der Waals surface area contributed by atoms with Crippen LogP contribution in [0.2, 0.25) is 0 Å². The molecule has 0 saturated carbocycles. The molecule has 0 radical (unpaired) electrons. The minimum Gasteiger partial charge on any atom is -0.493 e. The fraction of sp³-hybridized carbons (Fsp3) is 0.172. The number of alkyl halides is 3. The summed E-state index contributed by atoms with van der Waals surface area (Å²) in [6.45, 7) is 1.70. The zero-order chi connectivity index (χ0) is 30.4. The predicted octanol–water partition coefficient (Wildman–Crippen LogP) is 7.12. The van der Waals surface area contributed by atoms with Crippen LogP contribution in [0, 0.1) is 24.1 Å². The van der Waals surface area contributed by atoms with Crippen LogP contribution in [0.4, 0.5) is 34.8 Å². The van der Waals surface area contributed by atoms with Gasteiger partial charge in [-0.25, -0.2) is 14.4 Å². The van der Waals surface area contributed by atoms with Crippen molar-refractivity contribution in [1.29, 1.82) is 5.26 Å². The molecular weight excluding hydrogens is 574 g/mol. The van der Waals surface area contributed by atoms with Crippen molar-refractivity contribution in [3.63, 3.8) is 0 Å². The number of benzene rings is 3. The molecule has 13 heteroatoms. The highest BCUT2D eigenvalue weighted by Gasteiger charge is 2.30. The van der Waals surface area contributed by atoms with Gasteiger partial charge in [-0.15, -0.1) is 0 Å². The van der Waals surface area contributed by atoms with Crippen molar-refractivity contribution in [2.24, 2.45) is 0 Å². The second kappa shape index (κ2) is 12.8. The van der Waals surface area contributed by atoms with E-state index in [4.69, 9.17) is 14.7 Å². The molecule has 0 fully saturated rings. The minimum absolute atomic E-state index is 0.148. The summed E-state index contributed by atoms with van der Waals surface area (Å²) in [5.74, 6) is -0.220. The van der Waals surface area contributed by atoms with E-state index in [0.717, 1.165) is 36.0 Å². The fourth-order valence-electron chi connectivity index (χ4n) is 3.94. The second-order valence-corrected chi connectivity index (χ2v) is 9.72. The Balaban J connectivity index is 1.63. The number of anilines is 3. The lowest BCUT2D eigenvalue weighted by molar-refractivity contribution is -0.137. The number of carbonyl (C=O) groups excluding carboxylic acids is 1. The van der Waals surface area contributed by atoms with Gasteiger partial charge in [0.2, 0.25) is 5.91 Å². The normalized spacial score (nSPS) is 11.4. The van der Waals surface area contributed by atoms with Crippen molar-refractivity contribution < 1.29 is 31.8 Å². The maximum absolute atomic E-state index is 15.2. The van der Waals surface area contributed by atoms with Gasteiger partial charge < -0.3 is 20.1 Å². The highest BCUT2D eigenvalue weighted by Crippen LogP contribution is 2.37. The van der Waals surface area contributed by atoms with Crippen molar-refractivity contribution in [2.75, 3.05) is 30.6 Å². The van der Waals surface area contributed by atoms with Gasteiger partial charge in [0.05, 0.1) is 42.8 Å². The van der Waals surface area contributed by atoms with E-state index in [2.05, 4.69) is 20.6 Å². The first-order valence-corrected chi connectivity index (χ1v) is 13.2. The Bertz CT molecular complexity index is 1680. The maximum atomic E-state index is 15.2. The van der Waals surface area contributed by atoms with Gasteiger partial charge in [0.15, 0.2) is 16.7 Å². The molecule has 42 heavy (non-hydrogen) atoms. The average Bonchev–Trinajstić information content (AvgIpc) is 2.95. The number of ether oxygens (including phenoxy) is 2. The summed E-state index contributed by atoms with van der Waals surface area (Å²) < 4.78 is 64.4. The molecule has 1 heterocycles. The Labute approximate surface area is 242 Å². The van der Waals surface area contributed by atoms with Gasteiger partial charge in [0, 0.05) is 23.2 Å². The number of allylic oxidation sites excluding steroid dienone is 1. The van der Waals surface area contributed by atoms with Gasteiger partial charge >= 0.3 is 6.18 Å². The number of amides is 1. The first-order chi connectivity index (χ1) is 20.0. The van der Waals surface area contributed by atoms with Crippen molar-refractivity contribution in [3.8, 4) is 17.6 Å². The molecule has 0 aliphatic carbocycles. The van der Waals surface area contributed by atoms with Gasteiger partial charge in [0.1, 0.15) is 11.6 Å². The molecule has 0 aliphatic heterocycles. The summed E-state index contributed by atoms with van der Waals surface area (Å²) in [4.78, 5) is 21.6. The maximum Gasteiger partial charge on any atom is 0.416 e. The van der Waals surface area contributed by atoms with Crippen LogP contribution < -0.4 is 20.1 Å². The molecule has 0 atom stereocenters. The number of hydrogen-bond acceptors (Lipinski definition) is 8. The number of methoxy groups -OCH3 is 2. The number of nitrogens with one attached hydrogen (secondary N) is 2. The molecule has 0 spiro atoms. The summed E-state index contributed by atoms with van der Waals surface area (Å²) in [5, 5.41) is 15.0. The van der Waals surface area contributed by atoms with Crippen LogP contribution in [0.25, 0.3) is 17.0 Å². The molecule has 4 aromatic rings. The highest BCUT2D eigenvalue weighted by atomic mass is 32.2. The van der Waals surface area contributed by atoms with E-state index in [0.29, 0.717) is 33.5 Å². The number of halogens is 4. The van der Waals surface area contributed by atoms with Crippen LogP contribution >= 0.6 is 11.8 Å². The van der Waals surface area contributed by atoms with Crippen molar-refractivity contribution in [3.05, 3.63) is 77.1 Å². The Morgan fingerprint density at radius 3 is 2.38 bits per heavy atom. The van der Waals surface area contributed by atoms with Crippen LogP contribution in [0.3, 0.4) is 0 Å². The van der Waals surface area contributed by atoms with E-state index in [1.165, 1.54) is 32.4 Å². The minimum atomic E-state index is -4.48. The standard InChI is InChI=1S/C29H23F4N5O3S/c1-16-11-17(5-4-10-34)12-21(30)26(16)37-27-20-13-23(40-2)24(41-3)14-22(20)36-28(38-27)42-15-25(39)35-19-8-6-18(7-9-19)29(31,32)33/h4-9,11-14H,15H2,1-3H3,(H,35,39)(H,36,37,38)/b5-4+. The number of aromatic nitrogens is 2. The molecule has 0 unspecified atom stereocenters. The van der Waals surface area contributed by atoms with Crippen LogP contribution in [0.1, 0.15) is 16.7 Å². The number of nitriles is 1. The molecule has 216 valence electrons. The van der Waals surface area contributed by atoms with Gasteiger partial charge in [-0.2, -0.15) is 18.4 Å². The molecular formula is C29H23F4N5O3S. The summed E-state index contributed by atoms with van der Waals surface area (Å²) >= 11 is 0.978. The van der Waals surface area contributed by atoms with Crippen LogP contribution in [-0.4, -0.2) is 35.8 Å². The lowest BCUT2D eigenvalue weighted by Crippen LogP contribution is -2.15. The van der Waals surface area contributed by atoms with Crippen LogP contribution in [0.15, 0.2) is 59.8 Å². The van der Waals surface area contributed by atoms with E-state index < -0.39 is 23.5 Å². The first-order valence-electron chi connectivity index (χ1n) is 12.2. The first kappa shape index (κ1) is 30.1. The smallest absolute Gasteiger partial charge is 0.416 e. The van der Waals surface area contributed by atoms with E-state index in [9.17, 15) is 18.0 Å². The Hall–Kier alpha value is -4.83. The van der Waals surface area contributed by atoms with E-state index in [-0.39, 0.29) is 28.1 Å². The number of fused-ring (bicyclic) bond motifs is 1. The van der Waals surface area contributed by atoms with Crippen LogP contribution in [0.5, 0.6) is 11.5 Å². The summed E-state index contributed by atoms with van der Waals surface area (Å²) in [5.41, 5.74) is 0.992. The molecule has 0 saturated heterocycles. The molecule has 8 nitrogen and oxygen atoms in total. The lowest BCUT2D eigenvalue weighted by Gasteiger charge is -2.16. The molecule has 3 aromatic carbocycles. The van der Waals surface area contributed by atoms with Crippen LogP contribution in [-0.2, 0) is 11.0 Å². The number of aryl methyl sites for hydroxylation is 1. The topological polar surface area (TPSA) is 109 Å². The number of nitrogens with zero attached hydrogens (tertiary/aromatic N) is 3. The monoisotopic (exact) mass is 597 g/mol. The average molecular weight is 598 g/mol. The summed E-state index contributed by atoms with van der Waals surface area (Å²) in [6, 6.07) is 12.2. The number of rotatable bonds is 9. The molecule has 1 amide bonds. The third-order valence-electron chi connectivity index (χ3n) is 5.91. The molecule has 2 N–H and O–H groups in total. The number of thioether (sulfide) groups is 1. The fourth-order valence-corrected chi connectivity index (χ4v) is 4.59. The number of hydrogen-bond donors (Lipinski definition) is 2. The third kappa shape index (κ3) is 7.08. The van der Waals surface area contributed by atoms with Crippen molar-refractivity contribution in [2.45, 2.75) is 18.3 Å². The lowest BCUT2D eigenvalue weighted by atomic mass is 10.1. The second-order valence-electron chi connectivity index (χ2n) is 8.77.